The lowest BCUT2D eigenvalue weighted by Gasteiger charge is -2.28. The van der Waals surface area contributed by atoms with Gasteiger partial charge in [0.25, 0.3) is 11.5 Å². The molecule has 1 aliphatic rings. The van der Waals surface area contributed by atoms with E-state index in [0.29, 0.717) is 12.8 Å². The van der Waals surface area contributed by atoms with Crippen LogP contribution in [0.1, 0.15) is 36.0 Å². The van der Waals surface area contributed by atoms with Crippen LogP contribution in [0.25, 0.3) is 0 Å². The molecule has 4 N–H and O–H groups in total. The third kappa shape index (κ3) is 2.67. The Kier molecular flexibility index (Phi) is 3.61. The summed E-state index contributed by atoms with van der Waals surface area (Å²) in [4.78, 5) is 38.3. The van der Waals surface area contributed by atoms with Crippen molar-refractivity contribution in [1.29, 1.82) is 0 Å². The molecule has 18 heavy (non-hydrogen) atoms. The quantitative estimate of drug-likeness (QED) is 0.546. The highest BCUT2D eigenvalue weighted by Crippen LogP contribution is 2.18. The molecule has 0 radical (unpaired) electrons. The Bertz CT molecular complexity index is 548. The fourth-order valence-electron chi connectivity index (χ4n) is 2.10. The van der Waals surface area contributed by atoms with Gasteiger partial charge in [-0.3, -0.25) is 14.6 Å². The van der Waals surface area contributed by atoms with Crippen LogP contribution in [0.4, 0.5) is 0 Å². The number of aliphatic hydroxyl groups is 1. The molecule has 0 aromatic carbocycles. The lowest BCUT2D eigenvalue weighted by molar-refractivity contribution is 0.0716. The summed E-state index contributed by atoms with van der Waals surface area (Å²) in [6.07, 6.45) is 3.70. The molecule has 7 nitrogen and oxygen atoms in total. The maximum Gasteiger partial charge on any atom is 0.325 e. The number of H-pyrrole nitrogens is 2. The topological polar surface area (TPSA) is 115 Å². The Balaban J connectivity index is 2.12. The monoisotopic (exact) mass is 253 g/mol. The van der Waals surface area contributed by atoms with Gasteiger partial charge in [0.05, 0.1) is 12.1 Å². The number of carbonyl (C=O) groups is 1. The fraction of sp³-hybridized carbons (Fsp3) is 0.545. The predicted molar refractivity (Wildman–Crippen MR) is 63.4 cm³/mol. The van der Waals surface area contributed by atoms with Gasteiger partial charge in [-0.25, -0.2) is 4.79 Å². The van der Waals surface area contributed by atoms with Gasteiger partial charge in [-0.15, -0.1) is 0 Å². The molecule has 1 fully saturated rings. The van der Waals surface area contributed by atoms with Crippen molar-refractivity contribution in [3.05, 3.63) is 32.6 Å². The second-order valence-electron chi connectivity index (χ2n) is 4.42. The number of aromatic nitrogens is 2. The van der Waals surface area contributed by atoms with E-state index in [2.05, 4.69) is 10.3 Å². The number of aliphatic hydroxyl groups excluding tert-OH is 1. The van der Waals surface area contributed by atoms with Crippen LogP contribution in [-0.2, 0) is 0 Å². The van der Waals surface area contributed by atoms with Crippen LogP contribution in [0, 0.1) is 0 Å². The summed E-state index contributed by atoms with van der Waals surface area (Å²) < 4.78 is 0. The molecule has 2 rings (SSSR count). The van der Waals surface area contributed by atoms with Gasteiger partial charge in [0.2, 0.25) is 0 Å². The largest absolute Gasteiger partial charge is 0.391 e. The third-order valence-electron chi connectivity index (χ3n) is 3.11. The number of hydrogen-bond acceptors (Lipinski definition) is 4. The Morgan fingerprint density at radius 2 is 2.06 bits per heavy atom. The second-order valence-corrected chi connectivity index (χ2v) is 4.42. The molecule has 1 heterocycles. The Morgan fingerprint density at radius 1 is 1.33 bits per heavy atom. The van der Waals surface area contributed by atoms with Crippen molar-refractivity contribution < 1.29 is 9.90 Å². The molecule has 1 aromatic heterocycles. The smallest absolute Gasteiger partial charge is 0.325 e. The molecule has 0 saturated heterocycles. The van der Waals surface area contributed by atoms with Gasteiger partial charge in [-0.1, -0.05) is 12.8 Å². The molecule has 0 unspecified atom stereocenters. The summed E-state index contributed by atoms with van der Waals surface area (Å²) in [6.45, 7) is 0. The predicted octanol–water partition coefficient (Wildman–Crippen LogP) is -0.903. The molecule has 7 heteroatoms. The lowest BCUT2D eigenvalue weighted by Crippen LogP contribution is -2.46. The molecule has 0 bridgehead atoms. The van der Waals surface area contributed by atoms with Crippen molar-refractivity contribution in [2.45, 2.75) is 37.8 Å². The molecule has 0 aliphatic heterocycles. The molecule has 1 aromatic rings. The average Bonchev–Trinajstić information content (AvgIpc) is 2.32. The molecule has 1 saturated carbocycles. The van der Waals surface area contributed by atoms with Gasteiger partial charge in [0.15, 0.2) is 0 Å². The molecular weight excluding hydrogens is 238 g/mol. The van der Waals surface area contributed by atoms with E-state index in [9.17, 15) is 19.5 Å². The van der Waals surface area contributed by atoms with Gasteiger partial charge in [-0.2, -0.15) is 0 Å². The third-order valence-corrected chi connectivity index (χ3v) is 3.11. The van der Waals surface area contributed by atoms with Crippen LogP contribution in [0.3, 0.4) is 0 Å². The Labute approximate surface area is 102 Å². The van der Waals surface area contributed by atoms with Crippen LogP contribution in [-0.4, -0.2) is 33.1 Å². The van der Waals surface area contributed by atoms with Crippen LogP contribution in [0.15, 0.2) is 15.8 Å². The van der Waals surface area contributed by atoms with Crippen molar-refractivity contribution >= 4 is 5.91 Å². The van der Waals surface area contributed by atoms with Gasteiger partial charge < -0.3 is 15.4 Å². The maximum atomic E-state index is 11.8. The minimum absolute atomic E-state index is 0.160. The summed E-state index contributed by atoms with van der Waals surface area (Å²) in [5, 5.41) is 12.3. The van der Waals surface area contributed by atoms with Crippen LogP contribution in [0.5, 0.6) is 0 Å². The molecule has 1 aliphatic carbocycles. The van der Waals surface area contributed by atoms with Gasteiger partial charge in [0.1, 0.15) is 5.56 Å². The standard InChI is InChI=1S/C11H15N3O4/c15-8-4-2-1-3-7(8)13-9(16)6-5-12-11(18)14-10(6)17/h5,7-8,15H,1-4H2,(H,13,16)(H2,12,14,17,18)/t7-,8-/m0/s1. The Hall–Kier alpha value is -1.89. The lowest BCUT2D eigenvalue weighted by atomic mass is 9.92. The number of aromatic amines is 2. The van der Waals surface area contributed by atoms with Gasteiger partial charge in [0, 0.05) is 6.20 Å². The molecule has 2 atom stereocenters. The minimum Gasteiger partial charge on any atom is -0.391 e. The second kappa shape index (κ2) is 5.18. The Morgan fingerprint density at radius 3 is 2.72 bits per heavy atom. The molecule has 98 valence electrons. The summed E-state index contributed by atoms with van der Waals surface area (Å²) in [5.74, 6) is -0.585. The van der Waals surface area contributed by atoms with Gasteiger partial charge >= 0.3 is 5.69 Å². The van der Waals surface area contributed by atoms with Crippen molar-refractivity contribution in [1.82, 2.24) is 15.3 Å². The number of rotatable bonds is 2. The van der Waals surface area contributed by atoms with Crippen LogP contribution < -0.4 is 16.6 Å². The first kappa shape index (κ1) is 12.6. The normalized spacial score (nSPS) is 23.6. The molecular formula is C11H15N3O4. The first-order valence-electron chi connectivity index (χ1n) is 5.89. The van der Waals surface area contributed by atoms with Crippen molar-refractivity contribution in [2.24, 2.45) is 0 Å². The number of nitrogens with one attached hydrogen (secondary N) is 3. The fourth-order valence-corrected chi connectivity index (χ4v) is 2.10. The van der Waals surface area contributed by atoms with Crippen molar-refractivity contribution in [2.75, 3.05) is 0 Å². The van der Waals surface area contributed by atoms with Crippen molar-refractivity contribution in [3.8, 4) is 0 Å². The SMILES string of the molecule is O=C(N[C@H]1CCCC[C@@H]1O)c1c[nH]c(=O)[nH]c1=O. The summed E-state index contributed by atoms with van der Waals surface area (Å²) in [6, 6.07) is -0.336. The van der Waals surface area contributed by atoms with E-state index in [-0.39, 0.29) is 11.6 Å². The minimum atomic E-state index is -0.735. The van der Waals surface area contributed by atoms with E-state index in [0.717, 1.165) is 19.0 Å². The van der Waals surface area contributed by atoms with E-state index in [1.54, 1.807) is 0 Å². The average molecular weight is 253 g/mol. The maximum absolute atomic E-state index is 11.8. The van der Waals surface area contributed by atoms with E-state index in [1.807, 2.05) is 4.98 Å². The number of hydrogen-bond donors (Lipinski definition) is 4. The van der Waals surface area contributed by atoms with E-state index in [1.165, 1.54) is 0 Å². The van der Waals surface area contributed by atoms with Crippen molar-refractivity contribution in [3.63, 3.8) is 0 Å². The van der Waals surface area contributed by atoms with Gasteiger partial charge in [-0.05, 0) is 12.8 Å². The number of amides is 1. The van der Waals surface area contributed by atoms with Crippen LogP contribution in [0.2, 0.25) is 0 Å². The zero-order chi connectivity index (χ0) is 13.1. The zero-order valence-corrected chi connectivity index (χ0v) is 9.73. The summed E-state index contributed by atoms with van der Waals surface area (Å²) >= 11 is 0. The highest BCUT2D eigenvalue weighted by Gasteiger charge is 2.25. The summed E-state index contributed by atoms with van der Waals surface area (Å²) in [5.41, 5.74) is -1.55. The number of carbonyl (C=O) groups excluding carboxylic acids is 1. The highest BCUT2D eigenvalue weighted by molar-refractivity contribution is 5.93. The first-order valence-corrected chi connectivity index (χ1v) is 5.89. The van der Waals surface area contributed by atoms with E-state index in [4.69, 9.17) is 0 Å². The summed E-state index contributed by atoms with van der Waals surface area (Å²) in [7, 11) is 0. The highest BCUT2D eigenvalue weighted by atomic mass is 16.3. The zero-order valence-electron chi connectivity index (χ0n) is 9.73. The molecule has 1 amide bonds. The molecule has 0 spiro atoms. The first-order chi connectivity index (χ1) is 8.58. The van der Waals surface area contributed by atoms with E-state index < -0.39 is 23.3 Å². The van der Waals surface area contributed by atoms with E-state index >= 15 is 0 Å². The van der Waals surface area contributed by atoms with Crippen LogP contribution >= 0.6 is 0 Å².